The van der Waals surface area contributed by atoms with Gasteiger partial charge in [0.05, 0.1) is 11.3 Å². The first-order valence-electron chi connectivity index (χ1n) is 17.0. The number of carbonyl (C=O) groups excluding carboxylic acids is 2. The van der Waals surface area contributed by atoms with Crippen LogP contribution >= 0.6 is 0 Å². The van der Waals surface area contributed by atoms with Crippen molar-refractivity contribution >= 4 is 23.6 Å². The number of nitro benzene ring substituents is 1. The molecule has 0 saturated carbocycles. The smallest absolute Gasteiger partial charge is 0.270 e. The molecule has 0 radical (unpaired) electrons. The summed E-state index contributed by atoms with van der Waals surface area (Å²) in [7, 11) is 0. The van der Waals surface area contributed by atoms with Crippen LogP contribution in [0.15, 0.2) is 152 Å². The Balaban J connectivity index is 1.54. The van der Waals surface area contributed by atoms with Crippen molar-refractivity contribution in [2.75, 3.05) is 6.54 Å². The minimum Gasteiger partial charge on any atom is -0.504 e. The van der Waals surface area contributed by atoms with Gasteiger partial charge in [-0.25, -0.2) is 4.98 Å². The maximum atomic E-state index is 15.2. The molecule has 0 aliphatic heterocycles. The van der Waals surface area contributed by atoms with Crippen LogP contribution in [0.5, 0.6) is 11.5 Å². The summed E-state index contributed by atoms with van der Waals surface area (Å²) >= 11 is 0. The SMILES string of the molecule is O=C(NCCc1ccc(O)c(O)c1)[C@H](Cc1cnc[nH]1)N(C(=O)C=Cc1cccc([N+](=O)[O-])c1)C(c1ccccc1)(c1ccccc1)c1ccccc1. The second-order valence-corrected chi connectivity index (χ2v) is 12.4. The minimum atomic E-state index is -1.38. The van der Waals surface area contributed by atoms with E-state index >= 15 is 4.79 Å². The maximum Gasteiger partial charge on any atom is 0.270 e. The van der Waals surface area contributed by atoms with E-state index in [2.05, 4.69) is 15.3 Å². The predicted molar refractivity (Wildman–Crippen MR) is 201 cm³/mol. The van der Waals surface area contributed by atoms with Crippen LogP contribution in [0.4, 0.5) is 5.69 Å². The number of H-pyrrole nitrogens is 1. The van der Waals surface area contributed by atoms with E-state index in [0.29, 0.717) is 23.2 Å². The summed E-state index contributed by atoms with van der Waals surface area (Å²) in [5.74, 6) is -1.50. The van der Waals surface area contributed by atoms with Gasteiger partial charge in [0.2, 0.25) is 11.8 Å². The van der Waals surface area contributed by atoms with Crippen molar-refractivity contribution in [3.63, 3.8) is 0 Å². The van der Waals surface area contributed by atoms with E-state index in [-0.39, 0.29) is 30.2 Å². The van der Waals surface area contributed by atoms with Crippen LogP contribution in [-0.2, 0) is 28.0 Å². The van der Waals surface area contributed by atoms with Gasteiger partial charge in [-0.1, -0.05) is 109 Å². The molecule has 6 rings (SSSR count). The first kappa shape index (κ1) is 35.8. The second-order valence-electron chi connectivity index (χ2n) is 12.4. The molecule has 1 atom stereocenters. The van der Waals surface area contributed by atoms with E-state index < -0.39 is 28.3 Å². The van der Waals surface area contributed by atoms with Crippen LogP contribution in [0.1, 0.15) is 33.5 Å². The summed E-state index contributed by atoms with van der Waals surface area (Å²) in [5, 5.41) is 34.4. The number of aromatic nitrogens is 2. The van der Waals surface area contributed by atoms with Crippen molar-refractivity contribution in [2.45, 2.75) is 24.4 Å². The van der Waals surface area contributed by atoms with Gasteiger partial charge in [0, 0.05) is 43.1 Å². The van der Waals surface area contributed by atoms with Gasteiger partial charge in [0.25, 0.3) is 5.69 Å². The van der Waals surface area contributed by atoms with Crippen LogP contribution in [-0.4, -0.2) is 54.4 Å². The number of aromatic hydroxyl groups is 2. The van der Waals surface area contributed by atoms with Gasteiger partial charge >= 0.3 is 0 Å². The fraction of sp³-hybridized carbons (Fsp3) is 0.119. The molecule has 4 N–H and O–H groups in total. The largest absolute Gasteiger partial charge is 0.504 e. The number of phenols is 2. The Morgan fingerprint density at radius 2 is 1.45 bits per heavy atom. The number of nitrogens with one attached hydrogen (secondary N) is 2. The summed E-state index contributed by atoms with van der Waals surface area (Å²) < 4.78 is 0. The van der Waals surface area contributed by atoms with Gasteiger partial charge in [-0.3, -0.25) is 19.7 Å². The average Bonchev–Trinajstić information content (AvgIpc) is 3.71. The quantitative estimate of drug-likeness (QED) is 0.0329. The molecule has 6 aromatic rings. The highest BCUT2D eigenvalue weighted by atomic mass is 16.6. The molecule has 11 nitrogen and oxygen atoms in total. The van der Waals surface area contributed by atoms with Crippen molar-refractivity contribution in [2.24, 2.45) is 0 Å². The number of rotatable bonds is 14. The number of amides is 2. The number of carbonyl (C=O) groups is 2. The lowest BCUT2D eigenvalue weighted by Crippen LogP contribution is -2.60. The molecule has 0 fully saturated rings. The van der Waals surface area contributed by atoms with Gasteiger partial charge in [0.15, 0.2) is 11.5 Å². The Hall–Kier alpha value is -7.01. The Morgan fingerprint density at radius 3 is 2.00 bits per heavy atom. The lowest BCUT2D eigenvalue weighted by atomic mass is 9.74. The minimum absolute atomic E-state index is 0.0521. The summed E-state index contributed by atoms with van der Waals surface area (Å²) in [6.45, 7) is 0.156. The number of aromatic amines is 1. The zero-order valence-corrected chi connectivity index (χ0v) is 28.6. The number of nitrogens with zero attached hydrogens (tertiary/aromatic N) is 3. The third kappa shape index (κ3) is 7.99. The van der Waals surface area contributed by atoms with Crippen LogP contribution in [0, 0.1) is 10.1 Å². The topological polar surface area (TPSA) is 162 Å². The summed E-state index contributed by atoms with van der Waals surface area (Å²) in [4.78, 5) is 49.8. The van der Waals surface area contributed by atoms with E-state index in [4.69, 9.17) is 0 Å². The fourth-order valence-electron chi connectivity index (χ4n) is 6.58. The number of hydrogen-bond donors (Lipinski definition) is 4. The zero-order chi connectivity index (χ0) is 37.2. The summed E-state index contributed by atoms with van der Waals surface area (Å²) in [5.41, 5.74) is 2.39. The van der Waals surface area contributed by atoms with Crippen molar-refractivity contribution in [1.29, 1.82) is 0 Å². The standard InChI is InChI=1S/C42H37N5O6/c48-38-21-19-31(26-39(38)49)23-24-44-41(51)37(27-35-28-43-29-45-35)46(40(50)22-20-30-11-10-18-36(25-30)47(52)53)42(32-12-4-1-5-13-32,33-14-6-2-7-15-33)34-16-8-3-9-17-34/h1-22,25-26,28-29,37,48-49H,23-24,27H2,(H,43,45)(H,44,51)/t37-/m0/s1. The highest BCUT2D eigenvalue weighted by molar-refractivity contribution is 5.97. The van der Waals surface area contributed by atoms with Gasteiger partial charge in [-0.15, -0.1) is 0 Å². The van der Waals surface area contributed by atoms with Crippen LogP contribution < -0.4 is 5.32 Å². The normalized spacial score (nSPS) is 11.9. The fourth-order valence-corrected chi connectivity index (χ4v) is 6.58. The van der Waals surface area contributed by atoms with Crippen LogP contribution in [0.3, 0.4) is 0 Å². The molecule has 11 heteroatoms. The van der Waals surface area contributed by atoms with Crippen LogP contribution in [0.2, 0.25) is 0 Å². The molecule has 0 aliphatic carbocycles. The number of benzene rings is 5. The monoisotopic (exact) mass is 707 g/mol. The first-order valence-corrected chi connectivity index (χ1v) is 17.0. The van der Waals surface area contributed by atoms with Gasteiger partial charge < -0.3 is 25.4 Å². The predicted octanol–water partition coefficient (Wildman–Crippen LogP) is 6.53. The number of non-ortho nitro benzene ring substituents is 1. The molecule has 0 aliphatic rings. The van der Waals surface area contributed by atoms with Crippen molar-refractivity contribution < 1.29 is 24.7 Å². The number of phenolic OH excluding ortho intramolecular Hbond substituents is 2. The molecule has 0 saturated heterocycles. The third-order valence-corrected chi connectivity index (χ3v) is 9.01. The molecule has 0 bridgehead atoms. The van der Waals surface area contributed by atoms with E-state index in [9.17, 15) is 25.1 Å². The van der Waals surface area contributed by atoms with Gasteiger partial charge in [-0.2, -0.15) is 0 Å². The average molecular weight is 708 g/mol. The Labute approximate surface area is 306 Å². The molecule has 266 valence electrons. The molecule has 5 aromatic carbocycles. The third-order valence-electron chi connectivity index (χ3n) is 9.01. The first-order chi connectivity index (χ1) is 25.8. The molecule has 1 aromatic heterocycles. The van der Waals surface area contributed by atoms with E-state index in [1.54, 1.807) is 29.3 Å². The van der Waals surface area contributed by atoms with E-state index in [0.717, 1.165) is 16.7 Å². The summed E-state index contributed by atoms with van der Waals surface area (Å²) in [6.07, 6.45) is 6.35. The van der Waals surface area contributed by atoms with Crippen molar-refractivity contribution in [1.82, 2.24) is 20.2 Å². The maximum absolute atomic E-state index is 15.2. The molecule has 0 spiro atoms. The highest BCUT2D eigenvalue weighted by Crippen LogP contribution is 2.44. The molecular formula is C42H37N5O6. The second kappa shape index (κ2) is 16.3. The van der Waals surface area contributed by atoms with Crippen molar-refractivity contribution in [3.8, 4) is 11.5 Å². The summed E-state index contributed by atoms with van der Waals surface area (Å²) in [6, 6.07) is 37.8. The van der Waals surface area contributed by atoms with Crippen LogP contribution in [0.25, 0.3) is 6.08 Å². The molecule has 1 heterocycles. The molecule has 2 amide bonds. The zero-order valence-electron chi connectivity index (χ0n) is 28.6. The van der Waals surface area contributed by atoms with Gasteiger partial charge in [0.1, 0.15) is 11.6 Å². The Kier molecular flexibility index (Phi) is 11.0. The molecule has 0 unspecified atom stereocenters. The van der Waals surface area contributed by atoms with E-state index in [1.807, 2.05) is 91.0 Å². The lowest BCUT2D eigenvalue weighted by molar-refractivity contribution is -0.384. The van der Waals surface area contributed by atoms with Crippen molar-refractivity contribution in [3.05, 3.63) is 196 Å². The number of imidazole rings is 1. The number of hydrogen-bond acceptors (Lipinski definition) is 7. The number of nitro groups is 1. The lowest BCUT2D eigenvalue weighted by Gasteiger charge is -2.48. The van der Waals surface area contributed by atoms with E-state index in [1.165, 1.54) is 42.7 Å². The Bertz CT molecular complexity index is 2100. The highest BCUT2D eigenvalue weighted by Gasteiger charge is 2.49. The molecule has 53 heavy (non-hydrogen) atoms. The Morgan fingerprint density at radius 1 is 0.830 bits per heavy atom. The van der Waals surface area contributed by atoms with Gasteiger partial charge in [-0.05, 0) is 52.4 Å². The molecular weight excluding hydrogens is 670 g/mol.